The molecule has 1 N–H and O–H groups in total. The molecular weight excluding hydrogens is 410 g/mol. The third kappa shape index (κ3) is 5.15. The molecule has 1 amide bonds. The lowest BCUT2D eigenvalue weighted by Gasteiger charge is -2.34. The molecule has 0 bridgehead atoms. The summed E-state index contributed by atoms with van der Waals surface area (Å²) in [4.78, 5) is 17.8. The first-order valence-corrected chi connectivity index (χ1v) is 11.1. The van der Waals surface area contributed by atoms with Crippen LogP contribution in [0.25, 0.3) is 5.69 Å². The number of amides is 1. The fraction of sp³-hybridized carbons (Fsp3) is 0.333. The summed E-state index contributed by atoms with van der Waals surface area (Å²) in [5.41, 5.74) is 4.17. The molecule has 0 spiro atoms. The van der Waals surface area contributed by atoms with E-state index in [1.54, 1.807) is 10.9 Å². The number of anilines is 1. The van der Waals surface area contributed by atoms with Gasteiger partial charge in [0.1, 0.15) is 0 Å². The van der Waals surface area contributed by atoms with Crippen molar-refractivity contribution in [2.45, 2.75) is 20.4 Å². The Bertz CT molecular complexity index is 1040. The molecule has 1 aliphatic heterocycles. The predicted molar refractivity (Wildman–Crippen MR) is 125 cm³/mol. The summed E-state index contributed by atoms with van der Waals surface area (Å²) in [6, 6.07) is 15.5. The van der Waals surface area contributed by atoms with Gasteiger partial charge in [0.2, 0.25) is 0 Å². The quantitative estimate of drug-likeness (QED) is 0.627. The van der Waals surface area contributed by atoms with Gasteiger partial charge in [-0.15, -0.1) is 0 Å². The van der Waals surface area contributed by atoms with Crippen LogP contribution in [0.3, 0.4) is 0 Å². The molecule has 1 fully saturated rings. The minimum absolute atomic E-state index is 0.172. The van der Waals surface area contributed by atoms with Crippen LogP contribution in [-0.4, -0.2) is 58.2 Å². The number of carbonyl (C=O) groups is 1. The van der Waals surface area contributed by atoms with Crippen LogP contribution < -0.4 is 5.32 Å². The van der Waals surface area contributed by atoms with E-state index in [1.807, 2.05) is 43.3 Å². The fourth-order valence-corrected chi connectivity index (χ4v) is 4.10. The van der Waals surface area contributed by atoms with Gasteiger partial charge >= 0.3 is 0 Å². The van der Waals surface area contributed by atoms with Gasteiger partial charge in [0, 0.05) is 43.4 Å². The van der Waals surface area contributed by atoms with Crippen molar-refractivity contribution in [1.82, 2.24) is 19.6 Å². The van der Waals surface area contributed by atoms with Crippen LogP contribution in [0.1, 0.15) is 28.5 Å². The van der Waals surface area contributed by atoms with E-state index < -0.39 is 0 Å². The number of nitrogens with zero attached hydrogens (tertiary/aromatic N) is 4. The van der Waals surface area contributed by atoms with Crippen molar-refractivity contribution in [3.63, 3.8) is 0 Å². The van der Waals surface area contributed by atoms with Crippen molar-refractivity contribution in [3.8, 4) is 5.69 Å². The van der Waals surface area contributed by atoms with Crippen LogP contribution >= 0.6 is 11.6 Å². The van der Waals surface area contributed by atoms with Gasteiger partial charge in [-0.1, -0.05) is 36.7 Å². The standard InChI is InChI=1S/C24H28ClN5O/c1-3-28-11-13-29(14-12-28)17-19-7-9-21(10-8-19)27-24(31)23-16-26-30(18(23)2)22-6-4-5-20(25)15-22/h4-10,15-16H,3,11-14,17H2,1-2H3,(H,27,31). The summed E-state index contributed by atoms with van der Waals surface area (Å²) < 4.78 is 1.72. The monoisotopic (exact) mass is 437 g/mol. The number of hydrogen-bond acceptors (Lipinski definition) is 4. The molecule has 3 aromatic rings. The van der Waals surface area contributed by atoms with Crippen LogP contribution in [0.15, 0.2) is 54.7 Å². The maximum atomic E-state index is 12.8. The second-order valence-corrected chi connectivity index (χ2v) is 8.33. The van der Waals surface area contributed by atoms with Crippen molar-refractivity contribution < 1.29 is 4.79 Å². The van der Waals surface area contributed by atoms with Crippen molar-refractivity contribution in [2.24, 2.45) is 0 Å². The summed E-state index contributed by atoms with van der Waals surface area (Å²) in [5, 5.41) is 7.98. The number of nitrogens with one attached hydrogen (secondary N) is 1. The number of aromatic nitrogens is 2. The normalized spacial score (nSPS) is 15.2. The molecule has 7 heteroatoms. The third-order valence-corrected chi connectivity index (χ3v) is 6.07. The average Bonchev–Trinajstić information content (AvgIpc) is 3.17. The van der Waals surface area contributed by atoms with Gasteiger partial charge < -0.3 is 10.2 Å². The summed E-state index contributed by atoms with van der Waals surface area (Å²) in [6.45, 7) is 10.6. The number of rotatable bonds is 6. The lowest BCUT2D eigenvalue weighted by Crippen LogP contribution is -2.45. The summed E-state index contributed by atoms with van der Waals surface area (Å²) in [5.74, 6) is -0.172. The van der Waals surface area contributed by atoms with E-state index in [-0.39, 0.29) is 5.91 Å². The maximum Gasteiger partial charge on any atom is 0.259 e. The maximum absolute atomic E-state index is 12.8. The Morgan fingerprint density at radius 1 is 1.06 bits per heavy atom. The number of carbonyl (C=O) groups excluding carboxylic acids is 1. The highest BCUT2D eigenvalue weighted by Gasteiger charge is 2.17. The second kappa shape index (κ2) is 9.64. The zero-order valence-corrected chi connectivity index (χ0v) is 18.8. The minimum Gasteiger partial charge on any atom is -0.322 e. The molecule has 0 aliphatic carbocycles. The molecule has 162 valence electrons. The molecule has 0 radical (unpaired) electrons. The van der Waals surface area contributed by atoms with E-state index in [1.165, 1.54) is 5.56 Å². The van der Waals surface area contributed by atoms with Crippen molar-refractivity contribution in [1.29, 1.82) is 0 Å². The van der Waals surface area contributed by atoms with Crippen LogP contribution in [0.5, 0.6) is 0 Å². The molecule has 0 atom stereocenters. The Morgan fingerprint density at radius 3 is 2.45 bits per heavy atom. The molecule has 31 heavy (non-hydrogen) atoms. The Balaban J connectivity index is 1.38. The first kappa shape index (κ1) is 21.6. The van der Waals surface area contributed by atoms with Gasteiger partial charge in [-0.25, -0.2) is 4.68 Å². The SMILES string of the molecule is CCN1CCN(Cc2ccc(NC(=O)c3cnn(-c4cccc(Cl)c4)c3C)cc2)CC1. The molecule has 1 aliphatic rings. The molecule has 2 aromatic carbocycles. The fourth-order valence-electron chi connectivity index (χ4n) is 3.91. The van der Waals surface area contributed by atoms with E-state index in [2.05, 4.69) is 39.3 Å². The van der Waals surface area contributed by atoms with E-state index in [0.717, 1.165) is 56.3 Å². The smallest absolute Gasteiger partial charge is 0.259 e. The van der Waals surface area contributed by atoms with E-state index in [0.29, 0.717) is 10.6 Å². The third-order valence-electron chi connectivity index (χ3n) is 5.84. The number of hydrogen-bond donors (Lipinski definition) is 1. The first-order chi connectivity index (χ1) is 15.0. The lowest BCUT2D eigenvalue weighted by molar-refractivity contribution is 0.102. The van der Waals surface area contributed by atoms with Crippen molar-refractivity contribution >= 4 is 23.2 Å². The number of benzene rings is 2. The van der Waals surface area contributed by atoms with Crippen molar-refractivity contribution in [3.05, 3.63) is 76.6 Å². The number of halogens is 1. The molecular formula is C24H28ClN5O. The first-order valence-electron chi connectivity index (χ1n) is 10.7. The molecule has 0 saturated carbocycles. The topological polar surface area (TPSA) is 53.4 Å². The predicted octanol–water partition coefficient (Wildman–Crippen LogP) is 4.22. The molecule has 2 heterocycles. The van der Waals surface area contributed by atoms with Gasteiger partial charge in [0.05, 0.1) is 23.1 Å². The number of piperazine rings is 1. The Morgan fingerprint density at radius 2 is 1.77 bits per heavy atom. The zero-order valence-electron chi connectivity index (χ0n) is 18.0. The minimum atomic E-state index is -0.172. The van der Waals surface area contributed by atoms with Crippen LogP contribution in [-0.2, 0) is 6.54 Å². The second-order valence-electron chi connectivity index (χ2n) is 7.90. The van der Waals surface area contributed by atoms with Crippen LogP contribution in [0.4, 0.5) is 5.69 Å². The summed E-state index contributed by atoms with van der Waals surface area (Å²) in [6.07, 6.45) is 1.59. The zero-order chi connectivity index (χ0) is 21.8. The molecule has 0 unspecified atom stereocenters. The summed E-state index contributed by atoms with van der Waals surface area (Å²) >= 11 is 6.09. The van der Waals surface area contributed by atoms with E-state index >= 15 is 0 Å². The van der Waals surface area contributed by atoms with Crippen LogP contribution in [0.2, 0.25) is 5.02 Å². The largest absolute Gasteiger partial charge is 0.322 e. The molecule has 1 aromatic heterocycles. The highest BCUT2D eigenvalue weighted by molar-refractivity contribution is 6.30. The van der Waals surface area contributed by atoms with E-state index in [9.17, 15) is 4.79 Å². The van der Waals surface area contributed by atoms with Crippen LogP contribution in [0, 0.1) is 6.92 Å². The highest BCUT2D eigenvalue weighted by atomic mass is 35.5. The Kier molecular flexibility index (Phi) is 6.70. The van der Waals surface area contributed by atoms with Gasteiger partial charge in [-0.05, 0) is 49.4 Å². The Labute approximate surface area is 188 Å². The summed E-state index contributed by atoms with van der Waals surface area (Å²) in [7, 11) is 0. The van der Waals surface area contributed by atoms with E-state index in [4.69, 9.17) is 11.6 Å². The average molecular weight is 438 g/mol. The lowest BCUT2D eigenvalue weighted by atomic mass is 10.1. The number of likely N-dealkylation sites (N-methyl/N-ethyl adjacent to an activating group) is 1. The molecule has 6 nitrogen and oxygen atoms in total. The molecule has 4 rings (SSSR count). The Hall–Kier alpha value is -2.67. The molecule has 1 saturated heterocycles. The van der Waals surface area contributed by atoms with Gasteiger partial charge in [0.25, 0.3) is 5.91 Å². The van der Waals surface area contributed by atoms with Gasteiger partial charge in [0.15, 0.2) is 0 Å². The van der Waals surface area contributed by atoms with Gasteiger partial charge in [-0.2, -0.15) is 5.10 Å². The van der Waals surface area contributed by atoms with Gasteiger partial charge in [-0.3, -0.25) is 9.69 Å². The highest BCUT2D eigenvalue weighted by Crippen LogP contribution is 2.19. The van der Waals surface area contributed by atoms with Crippen molar-refractivity contribution in [2.75, 3.05) is 38.0 Å².